The molecule has 0 atom stereocenters. The highest BCUT2D eigenvalue weighted by atomic mass is 15.1. The molecule has 0 saturated carbocycles. The average Bonchev–Trinajstić information content (AvgIpc) is 3.30. The van der Waals surface area contributed by atoms with E-state index in [9.17, 15) is 0 Å². The molecule has 1 aliphatic heterocycles. The zero-order chi connectivity index (χ0) is 26.3. The summed E-state index contributed by atoms with van der Waals surface area (Å²) in [5.41, 5.74) is 11.6. The van der Waals surface area contributed by atoms with Crippen molar-refractivity contribution in [1.29, 1.82) is 0 Å². The van der Waals surface area contributed by atoms with Gasteiger partial charge < -0.3 is 9.47 Å². The Morgan fingerprint density at radius 3 is 2.21 bits per heavy atom. The highest BCUT2D eigenvalue weighted by Gasteiger charge is 2.17. The van der Waals surface area contributed by atoms with Crippen molar-refractivity contribution in [1.82, 2.24) is 4.57 Å². The summed E-state index contributed by atoms with van der Waals surface area (Å²) in [6.45, 7) is 6.54. The Labute approximate surface area is 229 Å². The van der Waals surface area contributed by atoms with Crippen molar-refractivity contribution in [2.24, 2.45) is 0 Å². The summed E-state index contributed by atoms with van der Waals surface area (Å²) in [6, 6.07) is 41.4. The molecule has 0 aliphatic carbocycles. The van der Waals surface area contributed by atoms with Gasteiger partial charge in [-0.05, 0) is 89.9 Å². The van der Waals surface area contributed by atoms with Gasteiger partial charge in [-0.2, -0.15) is 0 Å². The molecule has 2 heteroatoms. The maximum Gasteiger partial charge on any atom is 0.0541 e. The molecule has 186 valence electrons. The topological polar surface area (TPSA) is 8.17 Å². The van der Waals surface area contributed by atoms with Gasteiger partial charge in [0.15, 0.2) is 0 Å². The molecule has 0 saturated heterocycles. The van der Waals surface area contributed by atoms with Gasteiger partial charge in [-0.1, -0.05) is 79.4 Å². The molecule has 0 bridgehead atoms. The molecular weight excluding hydrogens is 472 g/mol. The molecule has 0 radical (unpaired) electrons. The summed E-state index contributed by atoms with van der Waals surface area (Å²) < 4.78 is 2.35. The number of hydrogen-bond acceptors (Lipinski definition) is 1. The monoisotopic (exact) mass is 500 g/mol. The number of rotatable bonds is 3. The van der Waals surface area contributed by atoms with Crippen molar-refractivity contribution in [3.05, 3.63) is 157 Å². The van der Waals surface area contributed by atoms with Gasteiger partial charge in [0.05, 0.1) is 16.7 Å². The predicted octanol–water partition coefficient (Wildman–Crippen LogP) is 9.99. The van der Waals surface area contributed by atoms with E-state index in [-0.39, 0.29) is 0 Å². The Kier molecular flexibility index (Phi) is 5.53. The average molecular weight is 501 g/mol. The molecule has 5 aromatic carbocycles. The van der Waals surface area contributed by atoms with Crippen molar-refractivity contribution in [3.63, 3.8) is 0 Å². The Hall–Kier alpha value is -5.08. The Bertz CT molecular complexity index is 1940. The second-order valence-corrected chi connectivity index (χ2v) is 10.1. The van der Waals surface area contributed by atoms with E-state index in [1.807, 2.05) is 0 Å². The predicted molar refractivity (Wildman–Crippen MR) is 167 cm³/mol. The zero-order valence-electron chi connectivity index (χ0n) is 21.9. The fourth-order valence-corrected chi connectivity index (χ4v) is 5.67. The van der Waals surface area contributed by atoms with Crippen LogP contribution in [0.5, 0.6) is 0 Å². The van der Waals surface area contributed by atoms with Crippen LogP contribution in [0.15, 0.2) is 146 Å². The lowest BCUT2D eigenvalue weighted by molar-refractivity contribution is 1.18. The molecule has 0 N–H and O–H groups in total. The van der Waals surface area contributed by atoms with Crippen LogP contribution in [0.2, 0.25) is 0 Å². The van der Waals surface area contributed by atoms with E-state index in [2.05, 4.69) is 163 Å². The quantitative estimate of drug-likeness (QED) is 0.235. The fourth-order valence-electron chi connectivity index (χ4n) is 5.67. The standard InChI is InChI=1S/C37H28N2/c1-26-11-10-15-31(23-26)38-22-9-8-12-27(2)33-24-28(18-20-35(33)38)29-19-21-37-34(25-29)32-16-6-7-17-36(32)39(37)30-13-4-3-5-14-30/h3-25H,2H2,1H3/b12-8-,22-9-. The summed E-state index contributed by atoms with van der Waals surface area (Å²) in [5, 5.41) is 2.51. The molecule has 1 aliphatic rings. The number of nitrogens with zero attached hydrogens (tertiary/aromatic N) is 2. The number of aromatic nitrogens is 1. The normalized spacial score (nSPS) is 14.7. The van der Waals surface area contributed by atoms with Crippen molar-refractivity contribution >= 4 is 38.8 Å². The van der Waals surface area contributed by atoms with Crippen LogP contribution >= 0.6 is 0 Å². The summed E-state index contributed by atoms with van der Waals surface area (Å²) >= 11 is 0. The third-order valence-electron chi connectivity index (χ3n) is 7.55. The van der Waals surface area contributed by atoms with E-state index in [0.717, 1.165) is 22.5 Å². The smallest absolute Gasteiger partial charge is 0.0541 e. The van der Waals surface area contributed by atoms with E-state index < -0.39 is 0 Å². The molecule has 6 aromatic rings. The first-order chi connectivity index (χ1) is 19.2. The molecule has 1 aromatic heterocycles. The van der Waals surface area contributed by atoms with Crippen LogP contribution in [0.4, 0.5) is 11.4 Å². The minimum Gasteiger partial charge on any atom is -0.317 e. The highest BCUT2D eigenvalue weighted by molar-refractivity contribution is 6.10. The maximum atomic E-state index is 4.41. The molecule has 0 unspecified atom stereocenters. The minimum atomic E-state index is 0.996. The van der Waals surface area contributed by atoms with Gasteiger partial charge in [0, 0.05) is 33.9 Å². The van der Waals surface area contributed by atoms with Crippen LogP contribution in [-0.4, -0.2) is 4.57 Å². The highest BCUT2D eigenvalue weighted by Crippen LogP contribution is 2.39. The Morgan fingerprint density at radius 2 is 1.33 bits per heavy atom. The van der Waals surface area contributed by atoms with Gasteiger partial charge in [-0.15, -0.1) is 0 Å². The van der Waals surface area contributed by atoms with E-state index in [1.165, 1.54) is 44.2 Å². The van der Waals surface area contributed by atoms with Gasteiger partial charge in [-0.25, -0.2) is 0 Å². The molecule has 39 heavy (non-hydrogen) atoms. The van der Waals surface area contributed by atoms with Crippen LogP contribution in [0, 0.1) is 6.92 Å². The van der Waals surface area contributed by atoms with E-state index in [1.54, 1.807) is 0 Å². The minimum absolute atomic E-state index is 0.996. The molecule has 0 fully saturated rings. The Balaban J connectivity index is 1.39. The van der Waals surface area contributed by atoms with Crippen molar-refractivity contribution < 1.29 is 0 Å². The van der Waals surface area contributed by atoms with Crippen molar-refractivity contribution in [2.75, 3.05) is 4.90 Å². The number of fused-ring (bicyclic) bond motifs is 4. The molecule has 2 heterocycles. The lowest BCUT2D eigenvalue weighted by atomic mass is 9.95. The van der Waals surface area contributed by atoms with Gasteiger partial charge in [0.2, 0.25) is 0 Å². The summed E-state index contributed by atoms with van der Waals surface area (Å²) in [6.07, 6.45) is 8.34. The van der Waals surface area contributed by atoms with E-state index >= 15 is 0 Å². The van der Waals surface area contributed by atoms with Crippen molar-refractivity contribution in [3.8, 4) is 16.8 Å². The molecular formula is C37H28N2. The first-order valence-electron chi connectivity index (χ1n) is 13.3. The second-order valence-electron chi connectivity index (χ2n) is 10.1. The van der Waals surface area contributed by atoms with Crippen LogP contribution in [0.3, 0.4) is 0 Å². The maximum absolute atomic E-state index is 4.41. The number of allylic oxidation sites excluding steroid dienone is 4. The van der Waals surface area contributed by atoms with Gasteiger partial charge in [0.25, 0.3) is 0 Å². The van der Waals surface area contributed by atoms with Gasteiger partial charge in [0.1, 0.15) is 0 Å². The van der Waals surface area contributed by atoms with Crippen molar-refractivity contribution in [2.45, 2.75) is 6.92 Å². The third kappa shape index (κ3) is 3.98. The SMILES string of the molecule is C=C1/C=C\C=C/N(c2cccc(C)c2)c2ccc(-c3ccc4c(c3)c3ccccc3n4-c3ccccc3)cc21. The fraction of sp³-hybridized carbons (Fsp3) is 0.0270. The molecule has 0 amide bonds. The number of anilines is 2. The summed E-state index contributed by atoms with van der Waals surface area (Å²) in [4.78, 5) is 2.25. The number of para-hydroxylation sites is 2. The number of hydrogen-bond donors (Lipinski definition) is 0. The van der Waals surface area contributed by atoms with E-state index in [4.69, 9.17) is 0 Å². The van der Waals surface area contributed by atoms with Gasteiger partial charge in [-0.3, -0.25) is 0 Å². The van der Waals surface area contributed by atoms with Crippen LogP contribution in [-0.2, 0) is 0 Å². The first kappa shape index (κ1) is 23.1. The molecule has 0 spiro atoms. The summed E-state index contributed by atoms with van der Waals surface area (Å²) in [7, 11) is 0. The zero-order valence-corrected chi connectivity index (χ0v) is 21.9. The third-order valence-corrected chi connectivity index (χ3v) is 7.55. The largest absolute Gasteiger partial charge is 0.317 e. The lowest BCUT2D eigenvalue weighted by Gasteiger charge is -2.26. The Morgan fingerprint density at radius 1 is 0.590 bits per heavy atom. The molecule has 7 rings (SSSR count). The molecule has 2 nitrogen and oxygen atoms in total. The number of aryl methyl sites for hydroxylation is 1. The summed E-state index contributed by atoms with van der Waals surface area (Å²) in [5.74, 6) is 0. The number of benzene rings is 5. The lowest BCUT2D eigenvalue weighted by Crippen LogP contribution is -2.11. The second kappa shape index (κ2) is 9.34. The first-order valence-corrected chi connectivity index (χ1v) is 13.3. The van der Waals surface area contributed by atoms with Crippen LogP contribution < -0.4 is 4.90 Å². The van der Waals surface area contributed by atoms with E-state index in [0.29, 0.717) is 0 Å². The van der Waals surface area contributed by atoms with Crippen LogP contribution in [0.25, 0.3) is 44.2 Å². The van der Waals surface area contributed by atoms with Gasteiger partial charge >= 0.3 is 0 Å². The van der Waals surface area contributed by atoms with Crippen LogP contribution in [0.1, 0.15) is 11.1 Å².